The van der Waals surface area contributed by atoms with Crippen molar-refractivity contribution in [3.63, 3.8) is 0 Å². The topological polar surface area (TPSA) is 83.1 Å². The van der Waals surface area contributed by atoms with Gasteiger partial charge in [-0.15, -0.1) is 0 Å². The molecule has 20 heavy (non-hydrogen) atoms. The zero-order valence-electron chi connectivity index (χ0n) is 11.1. The molecule has 3 atom stereocenters. The monoisotopic (exact) mass is 338 g/mol. The molecule has 0 saturated carbocycles. The van der Waals surface area contributed by atoms with Gasteiger partial charge in [0.2, 0.25) is 0 Å². The quantitative estimate of drug-likeness (QED) is 0.562. The molecule has 0 spiro atoms. The molecule has 1 rings (SSSR count). The van der Waals surface area contributed by atoms with Gasteiger partial charge in [0.15, 0.2) is 0 Å². The van der Waals surface area contributed by atoms with Crippen LogP contribution in [0.3, 0.4) is 0 Å². The Hall–Kier alpha value is -1.85. The van der Waals surface area contributed by atoms with Crippen LogP contribution in [0.15, 0.2) is 30.3 Å². The molecule has 0 aliphatic rings. The van der Waals surface area contributed by atoms with E-state index in [9.17, 15) is 15.3 Å². The number of benzene rings is 1. The van der Waals surface area contributed by atoms with Gasteiger partial charge in [-0.1, -0.05) is 0 Å². The molecule has 0 saturated heterocycles. The van der Waals surface area contributed by atoms with Gasteiger partial charge in [-0.05, 0) is 0 Å². The second-order valence-electron chi connectivity index (χ2n) is 3.81. The van der Waals surface area contributed by atoms with E-state index in [0.717, 1.165) is 4.46 Å². The molecule has 1 aromatic carbocycles. The van der Waals surface area contributed by atoms with E-state index < -0.39 is 22.8 Å². The van der Waals surface area contributed by atoms with Crippen LogP contribution in [-0.4, -0.2) is 41.2 Å². The summed E-state index contributed by atoms with van der Waals surface area (Å²) in [7, 11) is 2.56. The van der Waals surface area contributed by atoms with E-state index in [1.54, 1.807) is 0 Å². The predicted molar refractivity (Wildman–Crippen MR) is 73.1 cm³/mol. The number of hydrogen-bond acceptors (Lipinski definition) is 5. The first-order chi connectivity index (χ1) is 9.67. The van der Waals surface area contributed by atoms with Gasteiger partial charge in [0.05, 0.1) is 0 Å². The number of esters is 1. The van der Waals surface area contributed by atoms with E-state index in [1.165, 1.54) is 14.2 Å². The van der Waals surface area contributed by atoms with Crippen LogP contribution in [0.2, 0.25) is 4.82 Å². The Labute approximate surface area is 124 Å². The van der Waals surface area contributed by atoms with Crippen LogP contribution >= 0.6 is 0 Å². The van der Waals surface area contributed by atoms with Crippen molar-refractivity contribution in [3.8, 4) is 12.1 Å². The number of rotatable bonds is 6. The average Bonchev–Trinajstić information content (AvgIpc) is 2.50. The van der Waals surface area contributed by atoms with Gasteiger partial charge in [-0.3, -0.25) is 0 Å². The Morgan fingerprint density at radius 1 is 1.20 bits per heavy atom. The fourth-order valence-corrected chi connectivity index (χ4v) is 3.75. The van der Waals surface area contributed by atoms with Crippen LogP contribution in [0.4, 0.5) is 0 Å². The van der Waals surface area contributed by atoms with Crippen molar-refractivity contribution >= 4 is 25.4 Å². The van der Waals surface area contributed by atoms with E-state index in [2.05, 4.69) is 10.8 Å². The normalized spacial score (nSPS) is 14.4. The van der Waals surface area contributed by atoms with Crippen molar-refractivity contribution in [3.05, 3.63) is 30.3 Å². The molecular formula is C14H14N2O3Se. The van der Waals surface area contributed by atoms with E-state index in [1.807, 2.05) is 36.4 Å². The van der Waals surface area contributed by atoms with E-state index >= 15 is 0 Å². The molecule has 0 heterocycles. The molecular weight excluding hydrogens is 323 g/mol. The van der Waals surface area contributed by atoms with Crippen LogP contribution in [-0.2, 0) is 14.3 Å². The molecule has 0 aliphatic carbocycles. The average molecular weight is 337 g/mol. The van der Waals surface area contributed by atoms with Crippen LogP contribution in [0.5, 0.6) is 0 Å². The second kappa shape index (κ2) is 8.35. The summed E-state index contributed by atoms with van der Waals surface area (Å²) in [5.74, 6) is -1.49. The minimum atomic E-state index is -1.04. The predicted octanol–water partition coefficient (Wildman–Crippen LogP) is 0.656. The summed E-state index contributed by atoms with van der Waals surface area (Å²) in [6.45, 7) is 0. The molecule has 0 bridgehead atoms. The van der Waals surface area contributed by atoms with Gasteiger partial charge in [-0.25, -0.2) is 0 Å². The Balaban J connectivity index is 2.93. The van der Waals surface area contributed by atoms with Crippen molar-refractivity contribution in [1.82, 2.24) is 0 Å². The van der Waals surface area contributed by atoms with Gasteiger partial charge < -0.3 is 0 Å². The van der Waals surface area contributed by atoms with Crippen LogP contribution in [0.1, 0.15) is 0 Å². The number of nitriles is 2. The maximum absolute atomic E-state index is 11.6. The van der Waals surface area contributed by atoms with Crippen LogP contribution in [0, 0.1) is 28.6 Å². The fraction of sp³-hybridized carbons (Fsp3) is 0.357. The molecule has 0 aliphatic heterocycles. The third-order valence-corrected chi connectivity index (χ3v) is 5.13. The number of carbonyl (C=O) groups excluding carboxylic acids is 1. The summed E-state index contributed by atoms with van der Waals surface area (Å²) in [6, 6.07) is 13.6. The van der Waals surface area contributed by atoms with Crippen molar-refractivity contribution in [2.45, 2.75) is 10.9 Å². The number of ether oxygens (including phenoxy) is 2. The summed E-state index contributed by atoms with van der Waals surface area (Å²) >= 11 is -0.249. The molecule has 104 valence electrons. The van der Waals surface area contributed by atoms with Gasteiger partial charge in [0.1, 0.15) is 0 Å². The van der Waals surface area contributed by atoms with Gasteiger partial charge >= 0.3 is 124 Å². The first kappa shape index (κ1) is 16.2. The summed E-state index contributed by atoms with van der Waals surface area (Å²) in [4.78, 5) is 11.0. The number of carbonyl (C=O) groups is 1. The molecule has 5 nitrogen and oxygen atoms in total. The summed E-state index contributed by atoms with van der Waals surface area (Å²) in [5.41, 5.74) is 0. The minimum absolute atomic E-state index is 0.249. The Morgan fingerprint density at radius 3 is 2.30 bits per heavy atom. The van der Waals surface area contributed by atoms with E-state index in [-0.39, 0.29) is 15.0 Å². The van der Waals surface area contributed by atoms with Gasteiger partial charge in [-0.2, -0.15) is 0 Å². The molecule has 0 fully saturated rings. The molecule has 0 aromatic heterocycles. The third-order valence-electron chi connectivity index (χ3n) is 2.62. The summed E-state index contributed by atoms with van der Waals surface area (Å²) in [5, 5.41) is 18.6. The summed E-state index contributed by atoms with van der Waals surface area (Å²) < 4.78 is 10.6. The molecule has 1 aromatic rings. The number of hydrogen-bond donors (Lipinski definition) is 0. The Bertz CT molecular complexity index is 521. The van der Waals surface area contributed by atoms with Crippen molar-refractivity contribution in [2.75, 3.05) is 14.2 Å². The van der Waals surface area contributed by atoms with Gasteiger partial charge in [0, 0.05) is 0 Å². The van der Waals surface area contributed by atoms with Crippen LogP contribution in [0.25, 0.3) is 0 Å². The zero-order chi connectivity index (χ0) is 15.0. The summed E-state index contributed by atoms with van der Waals surface area (Å²) in [6.07, 6.45) is -1.04. The van der Waals surface area contributed by atoms with E-state index in [0.29, 0.717) is 0 Å². The van der Waals surface area contributed by atoms with Crippen molar-refractivity contribution in [1.29, 1.82) is 10.5 Å². The zero-order valence-corrected chi connectivity index (χ0v) is 12.9. The molecule has 0 N–H and O–H groups in total. The SMILES string of the molecule is COC(=O)C(OC)C(C#N)C(C#N)[Se]c1ccccc1. The molecule has 0 amide bonds. The van der Waals surface area contributed by atoms with E-state index in [4.69, 9.17) is 4.74 Å². The Kier molecular flexibility index (Phi) is 6.76. The Morgan fingerprint density at radius 2 is 1.85 bits per heavy atom. The third kappa shape index (κ3) is 4.08. The standard InChI is InChI=1S/C14H14N2O3Se/c1-18-13(14(17)19-2)11(8-15)12(9-16)20-10-6-4-3-5-7-10/h3-7,11-13H,1-2H3. The van der Waals surface area contributed by atoms with Crippen LogP contribution < -0.4 is 4.46 Å². The molecule has 3 unspecified atom stereocenters. The fourth-order valence-electron chi connectivity index (χ4n) is 1.63. The first-order valence-corrected chi connectivity index (χ1v) is 7.64. The molecule has 0 radical (unpaired) electrons. The first-order valence-electron chi connectivity index (χ1n) is 5.79. The van der Waals surface area contributed by atoms with Crippen molar-refractivity contribution < 1.29 is 14.3 Å². The maximum atomic E-state index is 11.6. The van der Waals surface area contributed by atoms with Gasteiger partial charge in [0.25, 0.3) is 0 Å². The molecule has 6 heteroatoms. The number of methoxy groups -OCH3 is 2. The second-order valence-corrected chi connectivity index (χ2v) is 6.36. The van der Waals surface area contributed by atoms with Crippen molar-refractivity contribution in [2.24, 2.45) is 5.92 Å². The number of nitrogens with zero attached hydrogens (tertiary/aromatic N) is 2.